The van der Waals surface area contributed by atoms with Gasteiger partial charge in [0, 0.05) is 12.3 Å². The zero-order valence-electron chi connectivity index (χ0n) is 25.5. The summed E-state index contributed by atoms with van der Waals surface area (Å²) in [5.41, 5.74) is 5.99. The van der Waals surface area contributed by atoms with Crippen molar-refractivity contribution < 1.29 is 24.4 Å². The Morgan fingerprint density at radius 1 is 1.12 bits per heavy atom. The molecule has 3 rings (SSSR count). The molecule has 1 saturated carbocycles. The van der Waals surface area contributed by atoms with E-state index in [9.17, 15) is 14.7 Å². The summed E-state index contributed by atoms with van der Waals surface area (Å²) in [4.78, 5) is 36.3. The van der Waals surface area contributed by atoms with Crippen molar-refractivity contribution in [1.29, 1.82) is 0 Å². The zero-order chi connectivity index (χ0) is 30.0. The first-order valence-corrected chi connectivity index (χ1v) is 15.0. The normalized spacial score (nSPS) is 20.7. The van der Waals surface area contributed by atoms with Crippen LogP contribution in [0, 0.1) is 16.7 Å². The SMILES string of the molecule is C=CCc1ccccc1C(=O)ONC(=O)CC1=CC(=NOC(O)CCCCCCC)C2C(=C1)C(C)(C)CCC2(C)C. The number of allylic oxidation sites excluding steroid dienone is 4. The lowest BCUT2D eigenvalue weighted by Gasteiger charge is -2.49. The Morgan fingerprint density at radius 3 is 2.59 bits per heavy atom. The van der Waals surface area contributed by atoms with E-state index in [0.29, 0.717) is 24.1 Å². The van der Waals surface area contributed by atoms with E-state index in [2.05, 4.69) is 57.9 Å². The molecule has 2 aliphatic carbocycles. The molecular formula is C34H48N2O5. The summed E-state index contributed by atoms with van der Waals surface area (Å²) in [5, 5.41) is 14.9. The number of carbonyl (C=O) groups excluding carboxylic acids is 2. The van der Waals surface area contributed by atoms with Gasteiger partial charge in [-0.2, -0.15) is 5.48 Å². The van der Waals surface area contributed by atoms with Crippen LogP contribution >= 0.6 is 0 Å². The summed E-state index contributed by atoms with van der Waals surface area (Å²) in [5.74, 6) is -1.06. The van der Waals surface area contributed by atoms with Gasteiger partial charge in [0.25, 0.3) is 5.91 Å². The predicted octanol–water partition coefficient (Wildman–Crippen LogP) is 7.37. The summed E-state index contributed by atoms with van der Waals surface area (Å²) in [6, 6.07) is 7.08. The highest BCUT2D eigenvalue weighted by atomic mass is 16.7. The molecule has 1 fully saturated rings. The summed E-state index contributed by atoms with van der Waals surface area (Å²) < 4.78 is 0. The standard InChI is InChI=1S/C34H48N2O5/c1-7-9-10-11-12-18-30(38)40-35-28-22-24(21-27-31(28)34(5,6)20-19-33(27,3)4)23-29(37)36-41-32(39)26-17-14-13-16-25(26)15-8-2/h8,13-14,16-17,21-22,30-31,38H,2,7,9-12,15,18-20,23H2,1,3-6H3,(H,36,37). The highest BCUT2D eigenvalue weighted by Crippen LogP contribution is 2.54. The lowest BCUT2D eigenvalue weighted by atomic mass is 9.55. The number of fused-ring (bicyclic) bond motifs is 1. The van der Waals surface area contributed by atoms with E-state index in [1.165, 1.54) is 18.4 Å². The summed E-state index contributed by atoms with van der Waals surface area (Å²) in [7, 11) is 0. The van der Waals surface area contributed by atoms with E-state index in [1.807, 2.05) is 18.2 Å². The Labute approximate surface area is 245 Å². The maximum absolute atomic E-state index is 12.9. The number of oxime groups is 1. The molecule has 0 spiro atoms. The molecule has 0 aromatic heterocycles. The Bertz CT molecular complexity index is 1180. The molecule has 0 heterocycles. The first-order chi connectivity index (χ1) is 19.5. The van der Waals surface area contributed by atoms with Gasteiger partial charge in [0.05, 0.1) is 17.7 Å². The van der Waals surface area contributed by atoms with Gasteiger partial charge in [-0.1, -0.05) is 101 Å². The molecule has 41 heavy (non-hydrogen) atoms. The lowest BCUT2D eigenvalue weighted by molar-refractivity contribution is -0.129. The Kier molecular flexibility index (Phi) is 11.5. The molecular weight excluding hydrogens is 516 g/mol. The zero-order valence-corrected chi connectivity index (χ0v) is 25.5. The molecule has 2 unspecified atom stereocenters. The summed E-state index contributed by atoms with van der Waals surface area (Å²) in [6.07, 6.45) is 13.3. The molecule has 0 radical (unpaired) electrons. The van der Waals surface area contributed by atoms with Crippen LogP contribution in [0.5, 0.6) is 0 Å². The number of nitrogens with zero attached hydrogens (tertiary/aromatic N) is 1. The molecule has 1 aromatic carbocycles. The third-order valence-corrected chi connectivity index (χ3v) is 8.30. The Balaban J connectivity index is 1.73. The molecule has 2 atom stereocenters. The van der Waals surface area contributed by atoms with E-state index in [-0.39, 0.29) is 23.2 Å². The average Bonchev–Trinajstić information content (AvgIpc) is 2.93. The number of hydrogen-bond acceptors (Lipinski definition) is 6. The predicted molar refractivity (Wildman–Crippen MR) is 163 cm³/mol. The quantitative estimate of drug-likeness (QED) is 0.113. The van der Waals surface area contributed by atoms with Crippen molar-refractivity contribution in [3.63, 3.8) is 0 Å². The summed E-state index contributed by atoms with van der Waals surface area (Å²) in [6.45, 7) is 14.8. The minimum absolute atomic E-state index is 0.00726. The first kappa shape index (κ1) is 32.3. The molecule has 0 saturated heterocycles. The third-order valence-electron chi connectivity index (χ3n) is 8.30. The number of aliphatic hydroxyl groups excluding tert-OH is 1. The molecule has 1 amide bonds. The van der Waals surface area contributed by atoms with Crippen LogP contribution < -0.4 is 5.48 Å². The minimum Gasteiger partial charge on any atom is -0.364 e. The summed E-state index contributed by atoms with van der Waals surface area (Å²) >= 11 is 0. The van der Waals surface area contributed by atoms with Crippen molar-refractivity contribution in [2.45, 2.75) is 105 Å². The number of amides is 1. The smallest absolute Gasteiger partial charge is 0.363 e. The molecule has 0 bridgehead atoms. The van der Waals surface area contributed by atoms with Crippen LogP contribution in [0.2, 0.25) is 0 Å². The first-order valence-electron chi connectivity index (χ1n) is 15.0. The van der Waals surface area contributed by atoms with Crippen LogP contribution in [0.3, 0.4) is 0 Å². The van der Waals surface area contributed by atoms with E-state index >= 15 is 0 Å². The lowest BCUT2D eigenvalue weighted by Crippen LogP contribution is -2.43. The van der Waals surface area contributed by atoms with Gasteiger partial charge in [0.1, 0.15) is 0 Å². The monoisotopic (exact) mass is 564 g/mol. The van der Waals surface area contributed by atoms with Gasteiger partial charge in [-0.15, -0.1) is 6.58 Å². The number of unbranched alkanes of at least 4 members (excludes halogenated alkanes) is 4. The van der Waals surface area contributed by atoms with E-state index in [4.69, 9.17) is 9.68 Å². The van der Waals surface area contributed by atoms with Gasteiger partial charge < -0.3 is 14.8 Å². The van der Waals surface area contributed by atoms with Crippen LogP contribution in [0.4, 0.5) is 0 Å². The van der Waals surface area contributed by atoms with E-state index < -0.39 is 18.2 Å². The second-order valence-electron chi connectivity index (χ2n) is 12.6. The van der Waals surface area contributed by atoms with Crippen molar-refractivity contribution in [3.05, 3.63) is 71.3 Å². The van der Waals surface area contributed by atoms with Crippen molar-refractivity contribution in [2.24, 2.45) is 21.9 Å². The topological polar surface area (TPSA) is 97.2 Å². The van der Waals surface area contributed by atoms with Crippen LogP contribution in [0.15, 0.2) is 65.4 Å². The number of aliphatic hydroxyl groups is 1. The number of hydrogen-bond donors (Lipinski definition) is 2. The molecule has 224 valence electrons. The van der Waals surface area contributed by atoms with Gasteiger partial charge >= 0.3 is 5.97 Å². The van der Waals surface area contributed by atoms with E-state index in [0.717, 1.165) is 43.2 Å². The van der Waals surface area contributed by atoms with Gasteiger partial charge in [0.2, 0.25) is 6.29 Å². The molecule has 2 aliphatic rings. The van der Waals surface area contributed by atoms with Crippen molar-refractivity contribution in [3.8, 4) is 0 Å². The van der Waals surface area contributed by atoms with Gasteiger partial charge in [-0.25, -0.2) is 4.79 Å². The number of benzene rings is 1. The maximum atomic E-state index is 12.9. The van der Waals surface area contributed by atoms with E-state index in [1.54, 1.807) is 18.2 Å². The number of rotatable bonds is 13. The van der Waals surface area contributed by atoms with Crippen LogP contribution in [0.1, 0.15) is 108 Å². The molecule has 2 N–H and O–H groups in total. The number of hydroxylamine groups is 1. The Morgan fingerprint density at radius 2 is 1.85 bits per heavy atom. The minimum atomic E-state index is -0.971. The molecule has 7 nitrogen and oxygen atoms in total. The van der Waals surface area contributed by atoms with Crippen molar-refractivity contribution in [2.75, 3.05) is 0 Å². The molecule has 0 aliphatic heterocycles. The second kappa shape index (κ2) is 14.6. The van der Waals surface area contributed by atoms with Crippen LogP contribution in [-0.2, 0) is 20.9 Å². The largest absolute Gasteiger partial charge is 0.364 e. The van der Waals surface area contributed by atoms with Gasteiger partial charge in [-0.05, 0) is 59.8 Å². The fourth-order valence-corrected chi connectivity index (χ4v) is 5.80. The van der Waals surface area contributed by atoms with Crippen molar-refractivity contribution >= 4 is 17.6 Å². The fraction of sp³-hybridized carbons (Fsp3) is 0.559. The van der Waals surface area contributed by atoms with Crippen molar-refractivity contribution in [1.82, 2.24) is 5.48 Å². The molecule has 7 heteroatoms. The Hall–Kier alpha value is -3.19. The third kappa shape index (κ3) is 8.90. The maximum Gasteiger partial charge on any atom is 0.363 e. The van der Waals surface area contributed by atoms with Crippen LogP contribution in [0.25, 0.3) is 0 Å². The second-order valence-corrected chi connectivity index (χ2v) is 12.6. The van der Waals surface area contributed by atoms with Crippen LogP contribution in [-0.4, -0.2) is 29.0 Å². The van der Waals surface area contributed by atoms with Gasteiger partial charge in [-0.3, -0.25) is 4.79 Å². The number of carbonyl (C=O) groups is 2. The fourth-order valence-electron chi connectivity index (χ4n) is 5.80. The highest BCUT2D eigenvalue weighted by Gasteiger charge is 2.47. The highest BCUT2D eigenvalue weighted by molar-refractivity contribution is 6.02. The average molecular weight is 565 g/mol. The van der Waals surface area contributed by atoms with Gasteiger partial charge in [0.15, 0.2) is 0 Å². The number of nitrogens with one attached hydrogen (secondary N) is 1. The molecule has 1 aromatic rings.